The molecule has 0 fully saturated rings. The lowest BCUT2D eigenvalue weighted by Crippen LogP contribution is -2.22. The molecule has 112 valence electrons. The maximum atomic E-state index is 12.7. The second kappa shape index (κ2) is 6.19. The number of hydrogen-bond donors (Lipinski definition) is 0. The highest BCUT2D eigenvalue weighted by Gasteiger charge is 2.14. The van der Waals surface area contributed by atoms with Gasteiger partial charge in [-0.1, -0.05) is 42.1 Å². The molecule has 3 rings (SSSR count). The van der Waals surface area contributed by atoms with Gasteiger partial charge in [-0.3, -0.25) is 4.79 Å². The van der Waals surface area contributed by atoms with E-state index in [1.54, 1.807) is 16.8 Å². The van der Waals surface area contributed by atoms with Gasteiger partial charge in [0.05, 0.1) is 12.1 Å². The van der Waals surface area contributed by atoms with E-state index in [-0.39, 0.29) is 5.56 Å². The molecule has 0 atom stereocenters. The Hall–Kier alpha value is -2.34. The minimum Gasteiger partial charge on any atom is -0.310 e. The molecule has 0 amide bonds. The monoisotopic (exact) mass is 312 g/mol. The van der Waals surface area contributed by atoms with Crippen LogP contribution in [-0.2, 0) is 13.6 Å². The molecule has 0 unspecified atom stereocenters. The van der Waals surface area contributed by atoms with Gasteiger partial charge in [-0.15, -0.1) is 10.2 Å². The van der Waals surface area contributed by atoms with Gasteiger partial charge in [0.1, 0.15) is 0 Å². The van der Waals surface area contributed by atoms with Gasteiger partial charge in [0, 0.05) is 13.2 Å². The van der Waals surface area contributed by atoms with Gasteiger partial charge >= 0.3 is 0 Å². The first-order valence-electron chi connectivity index (χ1n) is 6.88. The Morgan fingerprint density at radius 2 is 1.86 bits per heavy atom. The SMILES string of the molecule is CSc1nnc(-c2cccn(Cc3ccccc3)c2=O)n1C. The van der Waals surface area contributed by atoms with Crippen molar-refractivity contribution in [2.45, 2.75) is 11.7 Å². The first-order valence-corrected chi connectivity index (χ1v) is 8.10. The van der Waals surface area contributed by atoms with E-state index in [4.69, 9.17) is 0 Å². The summed E-state index contributed by atoms with van der Waals surface area (Å²) in [6.45, 7) is 0.542. The third kappa shape index (κ3) is 2.69. The molecule has 0 spiro atoms. The van der Waals surface area contributed by atoms with Gasteiger partial charge in [-0.25, -0.2) is 0 Å². The van der Waals surface area contributed by atoms with Crippen molar-refractivity contribution in [2.75, 3.05) is 6.26 Å². The first-order chi connectivity index (χ1) is 10.7. The summed E-state index contributed by atoms with van der Waals surface area (Å²) in [6.07, 6.45) is 3.73. The van der Waals surface area contributed by atoms with Crippen LogP contribution >= 0.6 is 11.8 Å². The van der Waals surface area contributed by atoms with E-state index in [1.807, 2.05) is 54.3 Å². The summed E-state index contributed by atoms with van der Waals surface area (Å²) < 4.78 is 3.53. The molecular formula is C16H16N4OS. The lowest BCUT2D eigenvalue weighted by molar-refractivity contribution is 0.754. The van der Waals surface area contributed by atoms with Gasteiger partial charge in [-0.05, 0) is 24.0 Å². The van der Waals surface area contributed by atoms with Crippen molar-refractivity contribution in [1.29, 1.82) is 0 Å². The number of nitrogens with zero attached hydrogens (tertiary/aromatic N) is 4. The van der Waals surface area contributed by atoms with Crippen molar-refractivity contribution in [3.05, 3.63) is 64.6 Å². The topological polar surface area (TPSA) is 52.7 Å². The van der Waals surface area contributed by atoms with E-state index in [1.165, 1.54) is 11.8 Å². The number of hydrogen-bond acceptors (Lipinski definition) is 4. The smallest absolute Gasteiger partial charge is 0.261 e. The van der Waals surface area contributed by atoms with Gasteiger partial charge in [0.15, 0.2) is 11.0 Å². The number of rotatable bonds is 4. The summed E-state index contributed by atoms with van der Waals surface area (Å²) in [7, 11) is 1.87. The molecule has 2 aromatic heterocycles. The third-order valence-electron chi connectivity index (χ3n) is 3.47. The van der Waals surface area contributed by atoms with Crippen LogP contribution in [0.25, 0.3) is 11.4 Å². The molecule has 0 aliphatic rings. The average Bonchev–Trinajstić information content (AvgIpc) is 2.91. The molecule has 5 nitrogen and oxygen atoms in total. The molecule has 2 heterocycles. The van der Waals surface area contributed by atoms with E-state index in [0.717, 1.165) is 10.7 Å². The van der Waals surface area contributed by atoms with Crippen molar-refractivity contribution in [1.82, 2.24) is 19.3 Å². The molecule has 0 aliphatic carbocycles. The van der Waals surface area contributed by atoms with Crippen LogP contribution in [-0.4, -0.2) is 25.6 Å². The van der Waals surface area contributed by atoms with Crippen molar-refractivity contribution in [2.24, 2.45) is 7.05 Å². The quantitative estimate of drug-likeness (QED) is 0.694. The van der Waals surface area contributed by atoms with Crippen LogP contribution in [0.4, 0.5) is 0 Å². The molecule has 0 bridgehead atoms. The summed E-state index contributed by atoms with van der Waals surface area (Å²) in [4.78, 5) is 12.7. The number of aromatic nitrogens is 4. The van der Waals surface area contributed by atoms with Crippen LogP contribution in [0.1, 0.15) is 5.56 Å². The molecule has 0 N–H and O–H groups in total. The minimum absolute atomic E-state index is 0.0606. The Kier molecular flexibility index (Phi) is 4.11. The van der Waals surface area contributed by atoms with E-state index in [2.05, 4.69) is 10.2 Å². The van der Waals surface area contributed by atoms with Gasteiger partial charge in [0.25, 0.3) is 5.56 Å². The maximum Gasteiger partial charge on any atom is 0.261 e. The number of pyridine rings is 1. The highest BCUT2D eigenvalue weighted by Crippen LogP contribution is 2.18. The Morgan fingerprint density at radius 1 is 1.09 bits per heavy atom. The van der Waals surface area contributed by atoms with E-state index < -0.39 is 0 Å². The Bertz CT molecular complexity index is 839. The normalized spacial score (nSPS) is 10.8. The van der Waals surface area contributed by atoms with Crippen LogP contribution < -0.4 is 5.56 Å². The Balaban J connectivity index is 2.02. The predicted molar refractivity (Wildman–Crippen MR) is 88.0 cm³/mol. The highest BCUT2D eigenvalue weighted by atomic mass is 32.2. The summed E-state index contributed by atoms with van der Waals surface area (Å²) in [5.74, 6) is 0.594. The first kappa shape index (κ1) is 14.6. The standard InChI is InChI=1S/C16H16N4OS/c1-19-14(17-18-16(19)22-2)13-9-6-10-20(15(13)21)11-12-7-4-3-5-8-12/h3-10H,11H2,1-2H3. The fraction of sp³-hybridized carbons (Fsp3) is 0.188. The second-order valence-electron chi connectivity index (χ2n) is 4.91. The highest BCUT2D eigenvalue weighted by molar-refractivity contribution is 7.98. The van der Waals surface area contributed by atoms with Crippen LogP contribution in [0.5, 0.6) is 0 Å². The molecule has 22 heavy (non-hydrogen) atoms. The summed E-state index contributed by atoms with van der Waals surface area (Å²) in [6, 6.07) is 13.6. The van der Waals surface area contributed by atoms with Crippen LogP contribution in [0.3, 0.4) is 0 Å². The Morgan fingerprint density at radius 3 is 2.55 bits per heavy atom. The van der Waals surface area contributed by atoms with Crippen LogP contribution in [0.2, 0.25) is 0 Å². The molecule has 0 saturated carbocycles. The second-order valence-corrected chi connectivity index (χ2v) is 5.68. The lowest BCUT2D eigenvalue weighted by Gasteiger charge is -2.08. The molecule has 3 aromatic rings. The van der Waals surface area contributed by atoms with E-state index >= 15 is 0 Å². The number of thioether (sulfide) groups is 1. The number of benzene rings is 1. The fourth-order valence-corrected chi connectivity index (χ4v) is 2.82. The predicted octanol–water partition coefficient (Wildman–Crippen LogP) is 2.41. The van der Waals surface area contributed by atoms with Crippen molar-refractivity contribution >= 4 is 11.8 Å². The zero-order valence-electron chi connectivity index (χ0n) is 12.4. The zero-order valence-corrected chi connectivity index (χ0v) is 13.2. The van der Waals surface area contributed by atoms with Gasteiger partial charge in [-0.2, -0.15) is 0 Å². The summed E-state index contributed by atoms with van der Waals surface area (Å²) >= 11 is 1.50. The summed E-state index contributed by atoms with van der Waals surface area (Å²) in [5, 5.41) is 9.02. The molecule has 0 radical (unpaired) electrons. The van der Waals surface area contributed by atoms with Crippen LogP contribution in [0, 0.1) is 0 Å². The third-order valence-corrected chi connectivity index (χ3v) is 4.19. The Labute approximate surface area is 132 Å². The van der Waals surface area contributed by atoms with Crippen LogP contribution in [0.15, 0.2) is 58.6 Å². The van der Waals surface area contributed by atoms with Gasteiger partial charge < -0.3 is 9.13 Å². The van der Waals surface area contributed by atoms with Crippen molar-refractivity contribution in [3.8, 4) is 11.4 Å². The summed E-state index contributed by atoms with van der Waals surface area (Å²) in [5.41, 5.74) is 1.59. The average molecular weight is 312 g/mol. The molecule has 0 aliphatic heterocycles. The lowest BCUT2D eigenvalue weighted by atomic mass is 10.2. The van der Waals surface area contributed by atoms with E-state index in [0.29, 0.717) is 17.9 Å². The molecule has 1 aromatic carbocycles. The van der Waals surface area contributed by atoms with Crippen molar-refractivity contribution in [3.63, 3.8) is 0 Å². The van der Waals surface area contributed by atoms with E-state index in [9.17, 15) is 4.79 Å². The molecular weight excluding hydrogens is 296 g/mol. The fourth-order valence-electron chi connectivity index (χ4n) is 2.34. The minimum atomic E-state index is -0.0606. The molecule has 0 saturated heterocycles. The zero-order chi connectivity index (χ0) is 15.5. The van der Waals surface area contributed by atoms with Crippen molar-refractivity contribution < 1.29 is 0 Å². The maximum absolute atomic E-state index is 12.7. The molecule has 6 heteroatoms. The largest absolute Gasteiger partial charge is 0.310 e. The van der Waals surface area contributed by atoms with Gasteiger partial charge in [0.2, 0.25) is 0 Å².